The van der Waals surface area contributed by atoms with Crippen LogP contribution in [-0.2, 0) is 0 Å². The molecule has 4 nitrogen and oxygen atoms in total. The van der Waals surface area contributed by atoms with E-state index in [0.717, 1.165) is 38.5 Å². The average molecular weight is 243 g/mol. The number of hydrogen-bond acceptors (Lipinski definition) is 3. The summed E-state index contributed by atoms with van der Waals surface area (Å²) in [5.41, 5.74) is 1.86. The van der Waals surface area contributed by atoms with Crippen molar-refractivity contribution in [1.29, 1.82) is 0 Å². The fourth-order valence-corrected chi connectivity index (χ4v) is 2.74. The highest BCUT2D eigenvalue weighted by Gasteiger charge is 2.28. The first kappa shape index (κ1) is 11.5. The molecule has 1 aromatic carbocycles. The molecule has 0 bridgehead atoms. The van der Waals surface area contributed by atoms with E-state index in [1.165, 1.54) is 5.56 Å². The molecule has 94 valence electrons. The number of piperazine rings is 1. The van der Waals surface area contributed by atoms with Crippen molar-refractivity contribution in [1.82, 2.24) is 10.2 Å². The van der Waals surface area contributed by atoms with Crippen LogP contribution in [0.2, 0.25) is 0 Å². The van der Waals surface area contributed by atoms with Crippen LogP contribution in [0.15, 0.2) is 18.2 Å². The van der Waals surface area contributed by atoms with E-state index in [0.29, 0.717) is 18.2 Å². The zero-order valence-electron chi connectivity index (χ0n) is 10.4. The summed E-state index contributed by atoms with van der Waals surface area (Å²) in [7, 11) is 0. The Bertz CT molecular complexity index is 474. The van der Waals surface area contributed by atoms with Crippen LogP contribution in [0, 0.1) is 6.57 Å². The van der Waals surface area contributed by atoms with Gasteiger partial charge in [-0.2, -0.15) is 0 Å². The van der Waals surface area contributed by atoms with E-state index in [9.17, 15) is 0 Å². The summed E-state index contributed by atoms with van der Waals surface area (Å²) in [4.78, 5) is 6.00. The Hall–Kier alpha value is -1.57. The topological polar surface area (TPSA) is 28.9 Å². The quantitative estimate of drug-likeness (QED) is 0.800. The summed E-state index contributed by atoms with van der Waals surface area (Å²) in [6.07, 6.45) is 0. The lowest BCUT2D eigenvalue weighted by Gasteiger charge is -2.29. The van der Waals surface area contributed by atoms with Crippen LogP contribution in [0.3, 0.4) is 0 Å². The van der Waals surface area contributed by atoms with Gasteiger partial charge in [0.05, 0.1) is 13.2 Å². The Balaban J connectivity index is 1.76. The molecule has 1 fully saturated rings. The molecule has 0 aromatic heterocycles. The van der Waals surface area contributed by atoms with Crippen molar-refractivity contribution < 1.29 is 4.74 Å². The van der Waals surface area contributed by atoms with Crippen LogP contribution < -0.4 is 10.1 Å². The molecule has 2 aliphatic rings. The van der Waals surface area contributed by atoms with Gasteiger partial charge in [0.25, 0.3) is 0 Å². The van der Waals surface area contributed by atoms with Gasteiger partial charge in [-0.3, -0.25) is 0 Å². The molecule has 1 saturated heterocycles. The smallest absolute Gasteiger partial charge is 0.228 e. The Morgan fingerprint density at radius 3 is 3.00 bits per heavy atom. The molecule has 4 heteroatoms. The van der Waals surface area contributed by atoms with Crippen molar-refractivity contribution in [2.75, 3.05) is 39.3 Å². The second-order valence-electron chi connectivity index (χ2n) is 4.87. The van der Waals surface area contributed by atoms with Gasteiger partial charge in [0.1, 0.15) is 5.75 Å². The Morgan fingerprint density at radius 1 is 1.39 bits per heavy atom. The molecule has 1 aromatic rings. The highest BCUT2D eigenvalue weighted by atomic mass is 16.5. The second-order valence-corrected chi connectivity index (χ2v) is 4.87. The molecule has 1 unspecified atom stereocenters. The van der Waals surface area contributed by atoms with Gasteiger partial charge in [-0.05, 0) is 5.56 Å². The molecular weight excluding hydrogens is 226 g/mol. The molecule has 2 heterocycles. The van der Waals surface area contributed by atoms with Gasteiger partial charge in [0, 0.05) is 38.6 Å². The SMILES string of the molecule is [C-]#[N+]c1cccc2c1OCC2CN1CCNCC1. The number of nitrogens with one attached hydrogen (secondary N) is 1. The number of para-hydroxylation sites is 1. The van der Waals surface area contributed by atoms with E-state index in [1.54, 1.807) is 0 Å². The first-order valence-corrected chi connectivity index (χ1v) is 6.44. The number of rotatable bonds is 2. The predicted octanol–water partition coefficient (Wildman–Crippen LogP) is 1.62. The number of nitrogens with zero attached hydrogens (tertiary/aromatic N) is 2. The van der Waals surface area contributed by atoms with Crippen molar-refractivity contribution in [2.45, 2.75) is 5.92 Å². The van der Waals surface area contributed by atoms with Gasteiger partial charge in [0.2, 0.25) is 5.69 Å². The lowest BCUT2D eigenvalue weighted by molar-refractivity contribution is 0.211. The summed E-state index contributed by atoms with van der Waals surface area (Å²) in [6.45, 7) is 13.3. The van der Waals surface area contributed by atoms with Crippen LogP contribution in [-0.4, -0.2) is 44.2 Å². The first-order valence-electron chi connectivity index (χ1n) is 6.44. The molecule has 1 N–H and O–H groups in total. The summed E-state index contributed by atoms with van der Waals surface area (Å²) >= 11 is 0. The standard InChI is InChI=1S/C14H17N3O/c1-15-13-4-2-3-12-11(10-18-14(12)13)9-17-7-5-16-6-8-17/h2-4,11,16H,5-10H2. The summed E-state index contributed by atoms with van der Waals surface area (Å²) in [5.74, 6) is 1.23. The predicted molar refractivity (Wildman–Crippen MR) is 70.2 cm³/mol. The zero-order chi connectivity index (χ0) is 12.4. The zero-order valence-corrected chi connectivity index (χ0v) is 10.4. The number of hydrogen-bond donors (Lipinski definition) is 1. The molecule has 18 heavy (non-hydrogen) atoms. The highest BCUT2D eigenvalue weighted by Crippen LogP contribution is 2.41. The summed E-state index contributed by atoms with van der Waals surface area (Å²) in [6, 6.07) is 5.90. The molecule has 0 amide bonds. The van der Waals surface area contributed by atoms with Crippen LogP contribution >= 0.6 is 0 Å². The monoisotopic (exact) mass is 243 g/mol. The number of benzene rings is 1. The fraction of sp³-hybridized carbons (Fsp3) is 0.500. The normalized spacial score (nSPS) is 23.2. The third kappa shape index (κ3) is 2.07. The van der Waals surface area contributed by atoms with E-state index in [2.05, 4.69) is 21.1 Å². The Morgan fingerprint density at radius 2 is 2.22 bits per heavy atom. The Labute approximate surface area is 107 Å². The van der Waals surface area contributed by atoms with E-state index in [4.69, 9.17) is 11.3 Å². The molecule has 0 radical (unpaired) electrons. The Kier molecular flexibility index (Phi) is 3.18. The average Bonchev–Trinajstić information content (AvgIpc) is 2.83. The van der Waals surface area contributed by atoms with Gasteiger partial charge in [-0.25, -0.2) is 4.85 Å². The van der Waals surface area contributed by atoms with E-state index in [-0.39, 0.29) is 0 Å². The van der Waals surface area contributed by atoms with Crippen LogP contribution in [0.5, 0.6) is 5.75 Å². The minimum absolute atomic E-state index is 0.416. The van der Waals surface area contributed by atoms with Crippen LogP contribution in [0.4, 0.5) is 5.69 Å². The molecule has 1 atom stereocenters. The molecule has 2 aliphatic heterocycles. The maximum absolute atomic E-state index is 7.16. The first-order chi connectivity index (χ1) is 8.88. The lowest BCUT2D eigenvalue weighted by atomic mass is 10.00. The van der Waals surface area contributed by atoms with E-state index >= 15 is 0 Å². The third-order valence-electron chi connectivity index (χ3n) is 3.70. The largest absolute Gasteiger partial charge is 0.504 e. The maximum Gasteiger partial charge on any atom is 0.228 e. The molecule has 0 saturated carbocycles. The molecular formula is C14H17N3O. The van der Waals surface area contributed by atoms with E-state index < -0.39 is 0 Å². The van der Waals surface area contributed by atoms with Crippen molar-refractivity contribution in [2.24, 2.45) is 0 Å². The second kappa shape index (κ2) is 4.97. The highest BCUT2D eigenvalue weighted by molar-refractivity contribution is 5.63. The third-order valence-corrected chi connectivity index (χ3v) is 3.70. The number of fused-ring (bicyclic) bond motifs is 1. The molecule has 0 spiro atoms. The lowest BCUT2D eigenvalue weighted by Crippen LogP contribution is -2.45. The van der Waals surface area contributed by atoms with Crippen LogP contribution in [0.1, 0.15) is 11.5 Å². The molecule has 3 rings (SSSR count). The fourth-order valence-electron chi connectivity index (χ4n) is 2.74. The number of ether oxygens (including phenoxy) is 1. The van der Waals surface area contributed by atoms with Crippen LogP contribution in [0.25, 0.3) is 4.85 Å². The van der Waals surface area contributed by atoms with Gasteiger partial charge in [0.15, 0.2) is 0 Å². The van der Waals surface area contributed by atoms with Gasteiger partial charge < -0.3 is 15.0 Å². The van der Waals surface area contributed by atoms with Crippen molar-refractivity contribution in [3.63, 3.8) is 0 Å². The summed E-state index contributed by atoms with van der Waals surface area (Å²) in [5, 5.41) is 3.36. The maximum atomic E-state index is 7.16. The van der Waals surface area contributed by atoms with Crippen molar-refractivity contribution >= 4 is 5.69 Å². The summed E-state index contributed by atoms with van der Waals surface area (Å²) < 4.78 is 5.72. The minimum atomic E-state index is 0.416. The van der Waals surface area contributed by atoms with Crippen molar-refractivity contribution in [3.05, 3.63) is 35.2 Å². The van der Waals surface area contributed by atoms with Gasteiger partial charge >= 0.3 is 0 Å². The minimum Gasteiger partial charge on any atom is -0.504 e. The van der Waals surface area contributed by atoms with Crippen molar-refractivity contribution in [3.8, 4) is 5.75 Å². The van der Waals surface area contributed by atoms with Gasteiger partial charge in [-0.1, -0.05) is 18.2 Å². The van der Waals surface area contributed by atoms with E-state index in [1.807, 2.05) is 12.1 Å². The molecule has 0 aliphatic carbocycles. The van der Waals surface area contributed by atoms with Gasteiger partial charge in [-0.15, -0.1) is 0 Å².